The summed E-state index contributed by atoms with van der Waals surface area (Å²) < 4.78 is 28.5. The minimum atomic E-state index is -2.98. The summed E-state index contributed by atoms with van der Waals surface area (Å²) >= 11 is 0. The van der Waals surface area contributed by atoms with Crippen LogP contribution in [0.5, 0.6) is 5.75 Å². The Morgan fingerprint density at radius 3 is 2.63 bits per heavy atom. The lowest BCUT2D eigenvalue weighted by Crippen LogP contribution is -2.34. The lowest BCUT2D eigenvalue weighted by atomic mass is 10.2. The smallest absolute Gasteiger partial charge is 0.254 e. The summed E-state index contributed by atoms with van der Waals surface area (Å²) in [5.74, 6) is 1.11. The van der Waals surface area contributed by atoms with Crippen LogP contribution in [0.25, 0.3) is 0 Å². The normalized spacial score (nSPS) is 18.1. The molecule has 2 heterocycles. The maximum absolute atomic E-state index is 12.3. The van der Waals surface area contributed by atoms with Crippen LogP contribution in [0.2, 0.25) is 0 Å². The molecule has 1 aliphatic heterocycles. The van der Waals surface area contributed by atoms with Crippen LogP contribution in [0.3, 0.4) is 0 Å². The molecule has 0 bridgehead atoms. The van der Waals surface area contributed by atoms with Crippen molar-refractivity contribution >= 4 is 21.7 Å². The second-order valence-electron chi connectivity index (χ2n) is 6.43. The highest BCUT2D eigenvalue weighted by Gasteiger charge is 2.31. The first-order valence-corrected chi connectivity index (χ1v) is 10.4. The maximum atomic E-state index is 12.3. The van der Waals surface area contributed by atoms with Gasteiger partial charge in [0.05, 0.1) is 24.2 Å². The SMILES string of the molecule is COc1ccccc1CNC(=O)c1cnc(N(C)C2CCS(=O)(=O)C2)nc1. The molecule has 2 aromatic rings. The van der Waals surface area contributed by atoms with Crippen LogP contribution in [0.4, 0.5) is 5.95 Å². The third-order valence-corrected chi connectivity index (χ3v) is 6.35. The van der Waals surface area contributed by atoms with E-state index in [1.807, 2.05) is 24.3 Å². The zero-order valence-electron chi connectivity index (χ0n) is 15.3. The van der Waals surface area contributed by atoms with Gasteiger partial charge in [-0.25, -0.2) is 18.4 Å². The van der Waals surface area contributed by atoms with E-state index in [0.29, 0.717) is 30.2 Å². The predicted octanol–water partition coefficient (Wildman–Crippen LogP) is 1.04. The average molecular weight is 390 g/mol. The predicted molar refractivity (Wildman–Crippen MR) is 102 cm³/mol. The Morgan fingerprint density at radius 1 is 1.30 bits per heavy atom. The first kappa shape index (κ1) is 19.1. The molecule has 1 aromatic heterocycles. The molecule has 0 spiro atoms. The Hall–Kier alpha value is -2.68. The van der Waals surface area contributed by atoms with Crippen LogP contribution in [-0.4, -0.2) is 56.0 Å². The van der Waals surface area contributed by atoms with Gasteiger partial charge in [0.1, 0.15) is 5.75 Å². The Morgan fingerprint density at radius 2 is 2.00 bits per heavy atom. The van der Waals surface area contributed by atoms with Crippen LogP contribution < -0.4 is 15.0 Å². The average Bonchev–Trinajstić information content (AvgIpc) is 3.05. The third kappa shape index (κ3) is 4.54. The molecule has 1 N–H and O–H groups in total. The topological polar surface area (TPSA) is 101 Å². The number of methoxy groups -OCH3 is 1. The number of aromatic nitrogens is 2. The molecule has 3 rings (SSSR count). The fourth-order valence-corrected chi connectivity index (χ4v) is 4.77. The summed E-state index contributed by atoms with van der Waals surface area (Å²) in [6.07, 6.45) is 3.45. The molecule has 0 aliphatic carbocycles. The van der Waals surface area contributed by atoms with E-state index in [1.165, 1.54) is 12.4 Å². The standard InChI is InChI=1S/C18H22N4O4S/c1-22(15-7-8-27(24,25)12-15)18-20-10-14(11-21-18)17(23)19-9-13-5-3-4-6-16(13)26-2/h3-6,10-11,15H,7-9,12H2,1-2H3,(H,19,23). The molecule has 1 fully saturated rings. The van der Waals surface area contributed by atoms with Gasteiger partial charge in [-0.05, 0) is 12.5 Å². The quantitative estimate of drug-likeness (QED) is 0.786. The van der Waals surface area contributed by atoms with Crippen LogP contribution in [0.15, 0.2) is 36.7 Å². The van der Waals surface area contributed by atoms with Crippen LogP contribution in [0, 0.1) is 0 Å². The first-order chi connectivity index (χ1) is 12.9. The number of hydrogen-bond donors (Lipinski definition) is 1. The van der Waals surface area contributed by atoms with E-state index < -0.39 is 9.84 Å². The van der Waals surface area contributed by atoms with Gasteiger partial charge < -0.3 is 15.0 Å². The van der Waals surface area contributed by atoms with Gasteiger partial charge in [0.25, 0.3) is 5.91 Å². The molecule has 1 saturated heterocycles. The number of hydrogen-bond acceptors (Lipinski definition) is 7. The van der Waals surface area contributed by atoms with E-state index in [1.54, 1.807) is 19.1 Å². The number of sulfone groups is 1. The summed E-state index contributed by atoms with van der Waals surface area (Å²) in [5.41, 5.74) is 1.20. The van der Waals surface area contributed by atoms with Gasteiger partial charge in [-0.3, -0.25) is 4.79 Å². The highest BCUT2D eigenvalue weighted by Crippen LogP contribution is 2.20. The van der Waals surface area contributed by atoms with Crippen LogP contribution >= 0.6 is 0 Å². The van der Waals surface area contributed by atoms with E-state index in [2.05, 4.69) is 15.3 Å². The molecule has 9 heteroatoms. The second-order valence-corrected chi connectivity index (χ2v) is 8.66. The molecule has 8 nitrogen and oxygen atoms in total. The van der Waals surface area contributed by atoms with Gasteiger partial charge in [-0.15, -0.1) is 0 Å². The number of ether oxygens (including phenoxy) is 1. The van der Waals surface area contributed by atoms with Crippen molar-refractivity contribution in [2.75, 3.05) is 30.6 Å². The van der Waals surface area contributed by atoms with Gasteiger partial charge in [0.2, 0.25) is 5.95 Å². The monoisotopic (exact) mass is 390 g/mol. The molecule has 0 radical (unpaired) electrons. The van der Waals surface area contributed by atoms with E-state index in [9.17, 15) is 13.2 Å². The number of rotatable bonds is 6. The lowest BCUT2D eigenvalue weighted by Gasteiger charge is -2.23. The number of amides is 1. The number of carbonyl (C=O) groups is 1. The molecular formula is C18H22N4O4S. The molecule has 1 amide bonds. The number of para-hydroxylation sites is 1. The molecule has 144 valence electrons. The summed E-state index contributed by atoms with van der Waals surface area (Å²) in [6.45, 7) is 0.324. The minimum absolute atomic E-state index is 0.105. The van der Waals surface area contributed by atoms with E-state index in [-0.39, 0.29) is 23.5 Å². The summed E-state index contributed by atoms with van der Waals surface area (Å²) in [7, 11) is 0.368. The van der Waals surface area contributed by atoms with Crippen molar-refractivity contribution in [3.63, 3.8) is 0 Å². The fourth-order valence-electron chi connectivity index (χ4n) is 2.99. The first-order valence-electron chi connectivity index (χ1n) is 8.55. The van der Waals surface area contributed by atoms with Crippen molar-refractivity contribution in [3.8, 4) is 5.75 Å². The number of anilines is 1. The molecule has 27 heavy (non-hydrogen) atoms. The maximum Gasteiger partial charge on any atom is 0.254 e. The molecular weight excluding hydrogens is 368 g/mol. The summed E-state index contributed by atoms with van der Waals surface area (Å²) in [5, 5.41) is 2.81. The van der Waals surface area contributed by atoms with Crippen molar-refractivity contribution in [3.05, 3.63) is 47.8 Å². The largest absolute Gasteiger partial charge is 0.496 e. The summed E-state index contributed by atoms with van der Waals surface area (Å²) in [6, 6.07) is 7.31. The highest BCUT2D eigenvalue weighted by atomic mass is 32.2. The number of benzene rings is 1. The molecule has 1 unspecified atom stereocenters. The van der Waals surface area contributed by atoms with Crippen molar-refractivity contribution in [1.82, 2.24) is 15.3 Å². The lowest BCUT2D eigenvalue weighted by molar-refractivity contribution is 0.0950. The van der Waals surface area contributed by atoms with Gasteiger partial charge in [0, 0.05) is 37.6 Å². The second kappa shape index (κ2) is 7.91. The van der Waals surface area contributed by atoms with E-state index >= 15 is 0 Å². The highest BCUT2D eigenvalue weighted by molar-refractivity contribution is 7.91. The number of nitrogens with one attached hydrogen (secondary N) is 1. The Balaban J connectivity index is 1.62. The Kier molecular flexibility index (Phi) is 5.59. The van der Waals surface area contributed by atoms with E-state index in [4.69, 9.17) is 4.74 Å². The van der Waals surface area contributed by atoms with Crippen molar-refractivity contribution in [2.24, 2.45) is 0 Å². The number of carbonyl (C=O) groups excluding carboxylic acids is 1. The molecule has 1 aliphatic rings. The van der Waals surface area contributed by atoms with Gasteiger partial charge >= 0.3 is 0 Å². The number of nitrogens with zero attached hydrogens (tertiary/aromatic N) is 3. The Labute approximate surface area is 158 Å². The summed E-state index contributed by atoms with van der Waals surface area (Å²) in [4.78, 5) is 22.5. The van der Waals surface area contributed by atoms with Crippen molar-refractivity contribution < 1.29 is 17.9 Å². The fraction of sp³-hybridized carbons (Fsp3) is 0.389. The van der Waals surface area contributed by atoms with Gasteiger partial charge in [0.15, 0.2) is 9.84 Å². The van der Waals surface area contributed by atoms with E-state index in [0.717, 1.165) is 5.56 Å². The Bertz CT molecular complexity index is 915. The minimum Gasteiger partial charge on any atom is -0.496 e. The zero-order valence-corrected chi connectivity index (χ0v) is 16.1. The third-order valence-electron chi connectivity index (χ3n) is 4.60. The van der Waals surface area contributed by atoms with Gasteiger partial charge in [-0.2, -0.15) is 0 Å². The van der Waals surface area contributed by atoms with Gasteiger partial charge in [-0.1, -0.05) is 18.2 Å². The van der Waals surface area contributed by atoms with Crippen LogP contribution in [-0.2, 0) is 16.4 Å². The van der Waals surface area contributed by atoms with Crippen molar-refractivity contribution in [1.29, 1.82) is 0 Å². The van der Waals surface area contributed by atoms with Crippen LogP contribution in [0.1, 0.15) is 22.3 Å². The molecule has 1 atom stereocenters. The van der Waals surface area contributed by atoms with Crippen molar-refractivity contribution in [2.45, 2.75) is 19.0 Å². The molecule has 0 saturated carbocycles. The zero-order chi connectivity index (χ0) is 19.4. The molecule has 1 aromatic carbocycles.